The van der Waals surface area contributed by atoms with E-state index in [2.05, 4.69) is 52.0 Å². The van der Waals surface area contributed by atoms with Crippen LogP contribution in [0.4, 0.5) is 5.69 Å². The van der Waals surface area contributed by atoms with Crippen LogP contribution in [0.5, 0.6) is 5.75 Å². The van der Waals surface area contributed by atoms with Crippen LogP contribution in [-0.4, -0.2) is 33.4 Å². The summed E-state index contributed by atoms with van der Waals surface area (Å²) in [6, 6.07) is 12.1. The number of aryl methyl sites for hydroxylation is 4. The molecule has 2 heterocycles. The van der Waals surface area contributed by atoms with Crippen LogP contribution in [0.1, 0.15) is 22.3 Å². The number of rotatable bonds is 5. The Bertz CT molecular complexity index is 1280. The van der Waals surface area contributed by atoms with Gasteiger partial charge in [0.25, 0.3) is 0 Å². The molecule has 4 aromatic rings. The molecule has 30 heavy (non-hydrogen) atoms. The molecular formula is C23H24N4O2S. The summed E-state index contributed by atoms with van der Waals surface area (Å²) in [5.41, 5.74) is 7.04. The van der Waals surface area contributed by atoms with E-state index in [9.17, 15) is 4.79 Å². The van der Waals surface area contributed by atoms with Gasteiger partial charge in [-0.2, -0.15) is 0 Å². The van der Waals surface area contributed by atoms with Crippen molar-refractivity contribution >= 4 is 39.9 Å². The molecule has 0 saturated heterocycles. The molecule has 1 N–H and O–H groups in total. The Hall–Kier alpha value is -3.06. The van der Waals surface area contributed by atoms with Crippen molar-refractivity contribution in [1.82, 2.24) is 14.6 Å². The van der Waals surface area contributed by atoms with Gasteiger partial charge < -0.3 is 10.1 Å². The lowest BCUT2D eigenvalue weighted by Crippen LogP contribution is -2.15. The maximum atomic E-state index is 12.6. The molecule has 0 bridgehead atoms. The number of carbonyl (C=O) groups is 1. The molecule has 0 fully saturated rings. The summed E-state index contributed by atoms with van der Waals surface area (Å²) >= 11 is 1.38. The molecule has 0 atom stereocenters. The van der Waals surface area contributed by atoms with E-state index in [0.29, 0.717) is 16.6 Å². The van der Waals surface area contributed by atoms with Crippen molar-refractivity contribution in [1.29, 1.82) is 0 Å². The number of hydrogen-bond donors (Lipinski definition) is 1. The third-order valence-electron chi connectivity index (χ3n) is 5.17. The molecule has 7 heteroatoms. The number of benzene rings is 2. The highest BCUT2D eigenvalue weighted by Crippen LogP contribution is 2.30. The number of thioether (sulfide) groups is 1. The SMILES string of the molecule is COc1ccc(C)cc1NC(=O)CSc1nnc2c(C)cc3c(C)ccc(C)c3n12. The normalized spacial score (nSPS) is 11.2. The first-order valence-electron chi connectivity index (χ1n) is 9.71. The zero-order valence-electron chi connectivity index (χ0n) is 17.7. The molecule has 0 aliphatic rings. The Kier molecular flexibility index (Phi) is 5.39. The highest BCUT2D eigenvalue weighted by atomic mass is 32.2. The summed E-state index contributed by atoms with van der Waals surface area (Å²) < 4.78 is 7.41. The number of pyridine rings is 1. The Balaban J connectivity index is 1.65. The number of carbonyl (C=O) groups excluding carboxylic acids is 1. The fraction of sp³-hybridized carbons (Fsp3) is 0.261. The summed E-state index contributed by atoms with van der Waals surface area (Å²) in [6.45, 7) is 8.20. The minimum Gasteiger partial charge on any atom is -0.495 e. The second-order valence-corrected chi connectivity index (χ2v) is 8.41. The maximum Gasteiger partial charge on any atom is 0.234 e. The van der Waals surface area contributed by atoms with Crippen molar-refractivity contribution < 1.29 is 9.53 Å². The van der Waals surface area contributed by atoms with Crippen LogP contribution >= 0.6 is 11.8 Å². The summed E-state index contributed by atoms with van der Waals surface area (Å²) in [5.74, 6) is 0.739. The third-order valence-corrected chi connectivity index (χ3v) is 6.10. The van der Waals surface area contributed by atoms with E-state index in [0.717, 1.165) is 27.9 Å². The van der Waals surface area contributed by atoms with E-state index in [1.165, 1.54) is 22.7 Å². The van der Waals surface area contributed by atoms with Gasteiger partial charge in [0.1, 0.15) is 5.75 Å². The van der Waals surface area contributed by atoms with Gasteiger partial charge in [-0.05, 0) is 68.1 Å². The number of hydrogen-bond acceptors (Lipinski definition) is 5. The number of fused-ring (bicyclic) bond motifs is 3. The van der Waals surface area contributed by atoms with Crippen molar-refractivity contribution in [2.75, 3.05) is 18.2 Å². The van der Waals surface area contributed by atoms with E-state index in [1.54, 1.807) is 7.11 Å². The second-order valence-electron chi connectivity index (χ2n) is 7.47. The van der Waals surface area contributed by atoms with Crippen LogP contribution in [0.3, 0.4) is 0 Å². The number of aromatic nitrogens is 3. The molecule has 0 radical (unpaired) electrons. The lowest BCUT2D eigenvalue weighted by molar-refractivity contribution is -0.113. The molecular weight excluding hydrogens is 396 g/mol. The van der Waals surface area contributed by atoms with Gasteiger partial charge in [-0.3, -0.25) is 9.20 Å². The zero-order valence-corrected chi connectivity index (χ0v) is 18.6. The van der Waals surface area contributed by atoms with Crippen molar-refractivity contribution in [3.63, 3.8) is 0 Å². The second kappa shape index (κ2) is 7.99. The van der Waals surface area contributed by atoms with Crippen LogP contribution in [0.2, 0.25) is 0 Å². The van der Waals surface area contributed by atoms with E-state index in [1.807, 2.05) is 32.0 Å². The van der Waals surface area contributed by atoms with Crippen molar-refractivity contribution in [2.24, 2.45) is 0 Å². The number of methoxy groups -OCH3 is 1. The summed E-state index contributed by atoms with van der Waals surface area (Å²) in [5, 5.41) is 13.6. The number of nitrogens with zero attached hydrogens (tertiary/aromatic N) is 3. The zero-order chi connectivity index (χ0) is 21.4. The predicted molar refractivity (Wildman–Crippen MR) is 122 cm³/mol. The topological polar surface area (TPSA) is 68.5 Å². The predicted octanol–water partition coefficient (Wildman–Crippen LogP) is 4.86. The van der Waals surface area contributed by atoms with Crippen LogP contribution < -0.4 is 10.1 Å². The molecule has 4 rings (SSSR count). The molecule has 6 nitrogen and oxygen atoms in total. The summed E-state index contributed by atoms with van der Waals surface area (Å²) in [7, 11) is 1.59. The Morgan fingerprint density at radius 1 is 1.03 bits per heavy atom. The highest BCUT2D eigenvalue weighted by molar-refractivity contribution is 7.99. The minimum absolute atomic E-state index is 0.120. The third kappa shape index (κ3) is 3.61. The highest BCUT2D eigenvalue weighted by Gasteiger charge is 2.16. The van der Waals surface area contributed by atoms with Gasteiger partial charge in [-0.1, -0.05) is 30.0 Å². The average molecular weight is 421 g/mol. The number of anilines is 1. The standard InChI is InChI=1S/C23H24N4O2S/c1-13-6-9-19(29-5)18(10-13)24-20(28)12-30-23-26-25-22-16(4)11-17-14(2)7-8-15(3)21(17)27(22)23/h6-11H,12H2,1-5H3,(H,24,28). The van der Waals surface area contributed by atoms with Gasteiger partial charge in [-0.15, -0.1) is 10.2 Å². The molecule has 154 valence electrons. The van der Waals surface area contributed by atoms with Crippen molar-refractivity contribution in [2.45, 2.75) is 32.9 Å². The first-order chi connectivity index (χ1) is 14.4. The molecule has 0 spiro atoms. The lowest BCUT2D eigenvalue weighted by Gasteiger charge is -2.12. The van der Waals surface area contributed by atoms with Crippen LogP contribution in [0.15, 0.2) is 41.6 Å². The maximum absolute atomic E-state index is 12.6. The fourth-order valence-electron chi connectivity index (χ4n) is 3.63. The fourth-order valence-corrected chi connectivity index (χ4v) is 4.37. The van der Waals surface area contributed by atoms with E-state index >= 15 is 0 Å². The lowest BCUT2D eigenvalue weighted by atomic mass is 10.0. The molecule has 0 unspecified atom stereocenters. The van der Waals surface area contributed by atoms with Crippen LogP contribution in [-0.2, 0) is 4.79 Å². The summed E-state index contributed by atoms with van der Waals surface area (Å²) in [4.78, 5) is 12.6. The monoisotopic (exact) mass is 420 g/mol. The van der Waals surface area contributed by atoms with Crippen molar-refractivity contribution in [3.8, 4) is 5.75 Å². The number of amides is 1. The Morgan fingerprint density at radius 3 is 2.57 bits per heavy atom. The molecule has 2 aromatic carbocycles. The molecule has 0 aliphatic heterocycles. The first-order valence-corrected chi connectivity index (χ1v) is 10.7. The van der Waals surface area contributed by atoms with Gasteiger partial charge >= 0.3 is 0 Å². The van der Waals surface area contributed by atoms with Gasteiger partial charge in [0, 0.05) is 5.39 Å². The van der Waals surface area contributed by atoms with Crippen LogP contribution in [0, 0.1) is 27.7 Å². The van der Waals surface area contributed by atoms with Crippen molar-refractivity contribution in [3.05, 3.63) is 58.7 Å². The average Bonchev–Trinajstić information content (AvgIpc) is 3.14. The molecule has 0 saturated carbocycles. The van der Waals surface area contributed by atoms with Gasteiger partial charge in [0.2, 0.25) is 5.91 Å². The van der Waals surface area contributed by atoms with Crippen LogP contribution in [0.25, 0.3) is 16.6 Å². The first kappa shape index (κ1) is 20.2. The van der Waals surface area contributed by atoms with E-state index in [4.69, 9.17) is 4.74 Å². The Labute approximate surface area is 179 Å². The van der Waals surface area contributed by atoms with E-state index in [-0.39, 0.29) is 11.7 Å². The van der Waals surface area contributed by atoms with Gasteiger partial charge in [0.15, 0.2) is 10.8 Å². The number of ether oxygens (including phenoxy) is 1. The Morgan fingerprint density at radius 2 is 1.80 bits per heavy atom. The summed E-state index contributed by atoms with van der Waals surface area (Å²) in [6.07, 6.45) is 0. The molecule has 0 aliphatic carbocycles. The van der Waals surface area contributed by atoms with Gasteiger partial charge in [0.05, 0.1) is 24.1 Å². The quantitative estimate of drug-likeness (QED) is 0.467. The van der Waals surface area contributed by atoms with E-state index < -0.39 is 0 Å². The smallest absolute Gasteiger partial charge is 0.234 e. The number of nitrogens with one attached hydrogen (secondary N) is 1. The largest absolute Gasteiger partial charge is 0.495 e. The molecule has 1 amide bonds. The van der Waals surface area contributed by atoms with Gasteiger partial charge in [-0.25, -0.2) is 0 Å². The minimum atomic E-state index is -0.120. The molecule has 2 aromatic heterocycles.